The van der Waals surface area contributed by atoms with Crippen molar-refractivity contribution in [1.82, 2.24) is 5.43 Å². The van der Waals surface area contributed by atoms with Crippen LogP contribution in [0, 0.1) is 0 Å². The number of hydrazone groups is 1. The van der Waals surface area contributed by atoms with Crippen molar-refractivity contribution < 1.29 is 14.3 Å². The predicted molar refractivity (Wildman–Crippen MR) is 118 cm³/mol. The molecule has 5 nitrogen and oxygen atoms in total. The molecule has 2 aromatic carbocycles. The Morgan fingerprint density at radius 2 is 2.18 bits per heavy atom. The van der Waals surface area contributed by atoms with E-state index in [2.05, 4.69) is 33.0 Å². The fourth-order valence-corrected chi connectivity index (χ4v) is 4.24. The van der Waals surface area contributed by atoms with Crippen LogP contribution in [0.15, 0.2) is 58.6 Å². The first-order chi connectivity index (χ1) is 13.5. The third-order valence-electron chi connectivity index (χ3n) is 3.74. The van der Waals surface area contributed by atoms with E-state index in [0.29, 0.717) is 33.6 Å². The number of carbonyl (C=O) groups is 1. The van der Waals surface area contributed by atoms with Crippen molar-refractivity contribution in [3.63, 3.8) is 0 Å². The smallest absolute Gasteiger partial charge is 0.283 e. The molecule has 0 fully saturated rings. The molecule has 0 spiro atoms. The lowest BCUT2D eigenvalue weighted by molar-refractivity contribution is 0.0959. The van der Waals surface area contributed by atoms with Crippen molar-refractivity contribution in [2.45, 2.75) is 0 Å². The van der Waals surface area contributed by atoms with E-state index >= 15 is 0 Å². The minimum absolute atomic E-state index is 0.371. The van der Waals surface area contributed by atoms with E-state index in [1.54, 1.807) is 19.3 Å². The van der Waals surface area contributed by atoms with Gasteiger partial charge in [-0.25, -0.2) is 5.43 Å². The number of hydrogen-bond donors (Lipinski definition) is 1. The van der Waals surface area contributed by atoms with E-state index in [1.807, 2.05) is 30.3 Å². The minimum atomic E-state index is -0.384. The van der Waals surface area contributed by atoms with Gasteiger partial charge in [-0.1, -0.05) is 40.2 Å². The molecule has 0 aliphatic rings. The fourth-order valence-electron chi connectivity index (χ4n) is 2.43. The van der Waals surface area contributed by atoms with Crippen LogP contribution in [0.25, 0.3) is 10.1 Å². The molecule has 0 saturated carbocycles. The third kappa shape index (κ3) is 4.55. The molecule has 0 bridgehead atoms. The lowest BCUT2D eigenvalue weighted by Crippen LogP contribution is -2.16. The van der Waals surface area contributed by atoms with E-state index in [9.17, 15) is 4.79 Å². The number of hydrogen-bond acceptors (Lipinski definition) is 5. The maximum atomic E-state index is 12.5. The molecule has 0 atom stereocenters. The van der Waals surface area contributed by atoms with Crippen LogP contribution in [-0.2, 0) is 0 Å². The molecule has 3 aromatic rings. The van der Waals surface area contributed by atoms with Crippen LogP contribution in [0.1, 0.15) is 15.2 Å². The Hall–Kier alpha value is -2.35. The summed E-state index contributed by atoms with van der Waals surface area (Å²) in [5, 5.41) is 5.24. The van der Waals surface area contributed by atoms with Crippen molar-refractivity contribution in [1.29, 1.82) is 0 Å². The number of rotatable bonds is 7. The first kappa shape index (κ1) is 20.4. The summed E-state index contributed by atoms with van der Waals surface area (Å²) < 4.78 is 12.5. The number of carbonyl (C=O) groups excluding carboxylic acids is 1. The van der Waals surface area contributed by atoms with E-state index in [1.165, 1.54) is 17.6 Å². The zero-order valence-electron chi connectivity index (χ0n) is 14.9. The average Bonchev–Trinajstić information content (AvgIpc) is 3.03. The number of thiophene rings is 1. The summed E-state index contributed by atoms with van der Waals surface area (Å²) in [6.45, 7) is 4.01. The highest BCUT2D eigenvalue weighted by atomic mass is 79.9. The van der Waals surface area contributed by atoms with Gasteiger partial charge < -0.3 is 9.47 Å². The van der Waals surface area contributed by atoms with Gasteiger partial charge in [0.25, 0.3) is 5.91 Å². The number of nitrogens with zero attached hydrogens (tertiary/aromatic N) is 1. The highest BCUT2D eigenvalue weighted by molar-refractivity contribution is 9.10. The Kier molecular flexibility index (Phi) is 6.72. The number of halogens is 2. The molecule has 1 heterocycles. The van der Waals surface area contributed by atoms with Gasteiger partial charge in [0, 0.05) is 20.1 Å². The van der Waals surface area contributed by atoms with E-state index in [-0.39, 0.29) is 5.91 Å². The topological polar surface area (TPSA) is 59.9 Å². The van der Waals surface area contributed by atoms with Gasteiger partial charge >= 0.3 is 0 Å². The highest BCUT2D eigenvalue weighted by Gasteiger charge is 2.17. The van der Waals surface area contributed by atoms with Crippen LogP contribution < -0.4 is 14.9 Å². The van der Waals surface area contributed by atoms with E-state index < -0.39 is 0 Å². The summed E-state index contributed by atoms with van der Waals surface area (Å²) in [5.74, 6) is 0.954. The first-order valence-corrected chi connectivity index (χ1v) is 10.1. The second kappa shape index (κ2) is 9.23. The number of methoxy groups -OCH3 is 1. The molecule has 1 amide bonds. The van der Waals surface area contributed by atoms with Gasteiger partial charge in [0.1, 0.15) is 23.0 Å². The summed E-state index contributed by atoms with van der Waals surface area (Å²) in [4.78, 5) is 12.9. The van der Waals surface area contributed by atoms with Crippen LogP contribution in [-0.4, -0.2) is 25.8 Å². The molecular formula is C20H16BrClN2O3S. The number of fused-ring (bicyclic) bond motifs is 1. The van der Waals surface area contributed by atoms with Crippen molar-refractivity contribution in [3.05, 3.63) is 69.0 Å². The summed E-state index contributed by atoms with van der Waals surface area (Å²) >= 11 is 11.1. The van der Waals surface area contributed by atoms with E-state index in [4.69, 9.17) is 21.1 Å². The van der Waals surface area contributed by atoms with Gasteiger partial charge in [-0.3, -0.25) is 4.79 Å². The van der Waals surface area contributed by atoms with Crippen LogP contribution in [0.5, 0.6) is 11.5 Å². The molecule has 3 rings (SSSR count). The maximum Gasteiger partial charge on any atom is 0.283 e. The highest BCUT2D eigenvalue weighted by Crippen LogP contribution is 2.37. The van der Waals surface area contributed by atoms with Gasteiger partial charge in [0.05, 0.1) is 18.3 Å². The largest absolute Gasteiger partial charge is 0.497 e. The third-order valence-corrected chi connectivity index (χ3v) is 5.89. The molecule has 0 aliphatic heterocycles. The molecule has 1 N–H and O–H groups in total. The second-order valence-corrected chi connectivity index (χ2v) is 7.93. The predicted octanol–water partition coefficient (Wildman–Crippen LogP) is 5.65. The Labute approximate surface area is 179 Å². The number of benzene rings is 2. The Balaban J connectivity index is 1.79. The zero-order chi connectivity index (χ0) is 20.1. The van der Waals surface area contributed by atoms with Crippen LogP contribution in [0.4, 0.5) is 0 Å². The maximum absolute atomic E-state index is 12.5. The normalized spacial score (nSPS) is 11.0. The van der Waals surface area contributed by atoms with Gasteiger partial charge in [0.15, 0.2) is 0 Å². The molecule has 28 heavy (non-hydrogen) atoms. The quantitative estimate of drug-likeness (QED) is 0.270. The van der Waals surface area contributed by atoms with Crippen LogP contribution >= 0.6 is 38.9 Å². The molecule has 0 saturated heterocycles. The molecule has 8 heteroatoms. The van der Waals surface area contributed by atoms with Crippen molar-refractivity contribution >= 4 is 61.1 Å². The van der Waals surface area contributed by atoms with Gasteiger partial charge in [0.2, 0.25) is 0 Å². The first-order valence-electron chi connectivity index (χ1n) is 8.16. The van der Waals surface area contributed by atoms with Crippen LogP contribution in [0.2, 0.25) is 5.02 Å². The van der Waals surface area contributed by atoms with Crippen molar-refractivity contribution in [2.24, 2.45) is 5.10 Å². The molecule has 144 valence electrons. The Bertz CT molecular complexity index is 1070. The summed E-state index contributed by atoms with van der Waals surface area (Å²) in [6, 6.07) is 11.0. The monoisotopic (exact) mass is 478 g/mol. The Morgan fingerprint density at radius 3 is 2.93 bits per heavy atom. The molecular weight excluding hydrogens is 464 g/mol. The number of nitrogens with one attached hydrogen (secondary N) is 1. The van der Waals surface area contributed by atoms with Gasteiger partial charge in [-0.15, -0.1) is 11.3 Å². The Morgan fingerprint density at radius 1 is 1.36 bits per heavy atom. The number of amides is 1. The number of ether oxygens (including phenoxy) is 2. The molecule has 0 aliphatic carbocycles. The lowest BCUT2D eigenvalue weighted by atomic mass is 10.2. The average molecular weight is 480 g/mol. The summed E-state index contributed by atoms with van der Waals surface area (Å²) in [5.41, 5.74) is 3.23. The van der Waals surface area contributed by atoms with Crippen LogP contribution in [0.3, 0.4) is 0 Å². The molecule has 1 aromatic heterocycles. The van der Waals surface area contributed by atoms with Gasteiger partial charge in [-0.2, -0.15) is 5.10 Å². The molecule has 0 radical (unpaired) electrons. The second-order valence-electron chi connectivity index (χ2n) is 5.59. The minimum Gasteiger partial charge on any atom is -0.497 e. The van der Waals surface area contributed by atoms with E-state index in [0.717, 1.165) is 14.6 Å². The fraction of sp³-hybridized carbons (Fsp3) is 0.100. The summed E-state index contributed by atoms with van der Waals surface area (Å²) in [7, 11) is 1.59. The zero-order valence-corrected chi connectivity index (χ0v) is 18.0. The lowest BCUT2D eigenvalue weighted by Gasteiger charge is -2.07. The molecule has 0 unspecified atom stereocenters. The van der Waals surface area contributed by atoms with Crippen molar-refractivity contribution in [2.75, 3.05) is 13.7 Å². The van der Waals surface area contributed by atoms with Gasteiger partial charge in [-0.05, 0) is 36.4 Å². The standard InChI is InChI=1S/C20H16BrClN2O3S/c1-3-8-27-16-7-4-13(21)9-12(16)11-23-24-20(25)19-18(22)15-6-5-14(26-2)10-17(15)28-19/h3-7,9-11H,1,8H2,2H3,(H,24,25). The SMILES string of the molecule is C=CCOc1ccc(Br)cc1C=NNC(=O)c1sc2cc(OC)ccc2c1Cl. The van der Waals surface area contributed by atoms with Crippen molar-refractivity contribution in [3.8, 4) is 11.5 Å². The summed E-state index contributed by atoms with van der Waals surface area (Å²) in [6.07, 6.45) is 3.18.